The van der Waals surface area contributed by atoms with E-state index >= 15 is 0 Å². The summed E-state index contributed by atoms with van der Waals surface area (Å²) < 4.78 is 0. The Morgan fingerprint density at radius 2 is 1.90 bits per heavy atom. The smallest absolute Gasteiger partial charge is 0.0366 e. The molecule has 1 atom stereocenters. The summed E-state index contributed by atoms with van der Waals surface area (Å²) in [4.78, 5) is 2.49. The zero-order chi connectivity index (χ0) is 14.2. The van der Waals surface area contributed by atoms with Crippen LogP contribution in [0.4, 0.5) is 5.69 Å². The second-order valence-corrected chi connectivity index (χ2v) is 7.02. The van der Waals surface area contributed by atoms with Gasteiger partial charge in [-0.1, -0.05) is 19.1 Å². The first-order valence-corrected chi connectivity index (χ1v) is 9.10. The van der Waals surface area contributed by atoms with Crippen LogP contribution in [0, 0.1) is 0 Å². The zero-order valence-electron chi connectivity index (χ0n) is 12.9. The highest BCUT2D eigenvalue weighted by Gasteiger charge is 2.11. The predicted octanol–water partition coefficient (Wildman–Crippen LogP) is 3.91. The van der Waals surface area contributed by atoms with Crippen LogP contribution in [0.1, 0.15) is 38.7 Å². The van der Waals surface area contributed by atoms with Crippen LogP contribution in [0.2, 0.25) is 0 Å². The van der Waals surface area contributed by atoms with Crippen LogP contribution in [-0.2, 0) is 6.54 Å². The van der Waals surface area contributed by atoms with E-state index in [0.717, 1.165) is 6.54 Å². The second kappa shape index (κ2) is 8.58. The molecule has 1 aliphatic heterocycles. The molecule has 0 amide bonds. The van der Waals surface area contributed by atoms with Crippen LogP contribution in [0.25, 0.3) is 0 Å². The van der Waals surface area contributed by atoms with Crippen molar-refractivity contribution in [3.8, 4) is 0 Å². The topological polar surface area (TPSA) is 15.3 Å². The van der Waals surface area contributed by atoms with Crippen molar-refractivity contribution in [2.24, 2.45) is 0 Å². The summed E-state index contributed by atoms with van der Waals surface area (Å²) in [5, 5.41) is 3.62. The van der Waals surface area contributed by atoms with E-state index < -0.39 is 0 Å². The van der Waals surface area contributed by atoms with Gasteiger partial charge in [0, 0.05) is 31.4 Å². The van der Waals surface area contributed by atoms with Crippen molar-refractivity contribution in [1.29, 1.82) is 0 Å². The summed E-state index contributed by atoms with van der Waals surface area (Å²) >= 11 is 2.03. The number of thioether (sulfide) groups is 1. The minimum Gasteiger partial charge on any atom is -0.372 e. The van der Waals surface area contributed by atoms with Crippen molar-refractivity contribution in [3.05, 3.63) is 29.8 Å². The molecule has 1 N–H and O–H groups in total. The van der Waals surface area contributed by atoms with Gasteiger partial charge >= 0.3 is 0 Å². The van der Waals surface area contributed by atoms with E-state index in [9.17, 15) is 0 Å². The molecule has 20 heavy (non-hydrogen) atoms. The lowest BCUT2D eigenvalue weighted by Gasteiger charge is -2.18. The van der Waals surface area contributed by atoms with E-state index in [1.54, 1.807) is 0 Å². The molecule has 1 aromatic rings. The molecule has 0 aliphatic carbocycles. The first-order chi connectivity index (χ1) is 9.79. The maximum Gasteiger partial charge on any atom is 0.0366 e. The number of benzene rings is 1. The lowest BCUT2D eigenvalue weighted by molar-refractivity contribution is 0.537. The molecule has 1 aromatic carbocycles. The molecule has 112 valence electrons. The predicted molar refractivity (Wildman–Crippen MR) is 91.8 cm³/mol. The highest BCUT2D eigenvalue weighted by Crippen LogP contribution is 2.20. The van der Waals surface area contributed by atoms with Gasteiger partial charge in [-0.3, -0.25) is 0 Å². The number of hydrogen-bond donors (Lipinski definition) is 1. The molecule has 0 aromatic heterocycles. The molecule has 0 radical (unpaired) electrons. The average Bonchev–Trinajstić information content (AvgIpc) is 3.00. The van der Waals surface area contributed by atoms with Crippen molar-refractivity contribution < 1.29 is 0 Å². The van der Waals surface area contributed by atoms with Gasteiger partial charge in [0.2, 0.25) is 0 Å². The fourth-order valence-electron chi connectivity index (χ4n) is 2.60. The Labute approximate surface area is 128 Å². The van der Waals surface area contributed by atoms with Gasteiger partial charge in [-0.2, -0.15) is 11.8 Å². The lowest BCUT2D eigenvalue weighted by atomic mass is 10.1. The summed E-state index contributed by atoms with van der Waals surface area (Å²) in [5.41, 5.74) is 2.78. The summed E-state index contributed by atoms with van der Waals surface area (Å²) in [6, 6.07) is 9.70. The quantitative estimate of drug-likeness (QED) is 0.731. The maximum absolute atomic E-state index is 3.62. The zero-order valence-corrected chi connectivity index (χ0v) is 13.7. The SMILES string of the molecule is CCSCCC(C)NCc1ccc(N2CCCC2)cc1. The highest BCUT2D eigenvalue weighted by molar-refractivity contribution is 7.99. The Balaban J connectivity index is 1.73. The van der Waals surface area contributed by atoms with Crippen molar-refractivity contribution >= 4 is 17.4 Å². The van der Waals surface area contributed by atoms with Crippen LogP contribution in [0.15, 0.2) is 24.3 Å². The minimum atomic E-state index is 0.604. The molecule has 1 heterocycles. The van der Waals surface area contributed by atoms with Crippen LogP contribution in [0.3, 0.4) is 0 Å². The number of nitrogens with one attached hydrogen (secondary N) is 1. The van der Waals surface area contributed by atoms with Gasteiger partial charge in [-0.05, 0) is 55.4 Å². The normalized spacial score (nSPS) is 16.6. The third-order valence-electron chi connectivity index (χ3n) is 3.96. The maximum atomic E-state index is 3.62. The molecule has 1 aliphatic rings. The summed E-state index contributed by atoms with van der Waals surface area (Å²) in [6.07, 6.45) is 3.94. The van der Waals surface area contributed by atoms with Gasteiger partial charge in [-0.25, -0.2) is 0 Å². The number of rotatable bonds is 8. The minimum absolute atomic E-state index is 0.604. The fourth-order valence-corrected chi connectivity index (χ4v) is 3.41. The monoisotopic (exact) mass is 292 g/mol. The van der Waals surface area contributed by atoms with E-state index in [4.69, 9.17) is 0 Å². The van der Waals surface area contributed by atoms with Crippen molar-refractivity contribution in [1.82, 2.24) is 5.32 Å². The number of anilines is 1. The van der Waals surface area contributed by atoms with E-state index in [1.165, 1.54) is 55.1 Å². The standard InChI is InChI=1S/C17H28N2S/c1-3-20-13-10-15(2)18-14-16-6-8-17(9-7-16)19-11-4-5-12-19/h6-9,15,18H,3-5,10-14H2,1-2H3. The molecule has 1 unspecified atom stereocenters. The Morgan fingerprint density at radius 3 is 2.55 bits per heavy atom. The summed E-state index contributed by atoms with van der Waals surface area (Å²) in [6.45, 7) is 7.95. The van der Waals surface area contributed by atoms with Gasteiger partial charge < -0.3 is 10.2 Å². The first-order valence-electron chi connectivity index (χ1n) is 7.94. The van der Waals surface area contributed by atoms with Crippen LogP contribution in [-0.4, -0.2) is 30.6 Å². The molecule has 2 rings (SSSR count). The van der Waals surface area contributed by atoms with Crippen molar-refractivity contribution in [2.45, 2.75) is 45.7 Å². The van der Waals surface area contributed by atoms with E-state index in [-0.39, 0.29) is 0 Å². The molecular weight excluding hydrogens is 264 g/mol. The van der Waals surface area contributed by atoms with E-state index in [0.29, 0.717) is 6.04 Å². The number of hydrogen-bond acceptors (Lipinski definition) is 3. The van der Waals surface area contributed by atoms with Gasteiger partial charge in [0.15, 0.2) is 0 Å². The fraction of sp³-hybridized carbons (Fsp3) is 0.647. The summed E-state index contributed by atoms with van der Waals surface area (Å²) in [5.74, 6) is 2.49. The first kappa shape index (κ1) is 15.7. The Bertz CT molecular complexity index is 371. The van der Waals surface area contributed by atoms with Crippen molar-refractivity contribution in [2.75, 3.05) is 29.5 Å². The van der Waals surface area contributed by atoms with Gasteiger partial charge in [0.25, 0.3) is 0 Å². The molecule has 1 fully saturated rings. The molecule has 0 saturated carbocycles. The van der Waals surface area contributed by atoms with Gasteiger partial charge in [-0.15, -0.1) is 0 Å². The van der Waals surface area contributed by atoms with Crippen LogP contribution in [0.5, 0.6) is 0 Å². The average molecular weight is 292 g/mol. The largest absolute Gasteiger partial charge is 0.372 e. The van der Waals surface area contributed by atoms with Crippen molar-refractivity contribution in [3.63, 3.8) is 0 Å². The molecule has 3 heteroatoms. The summed E-state index contributed by atoms with van der Waals surface area (Å²) in [7, 11) is 0. The third-order valence-corrected chi connectivity index (χ3v) is 4.89. The molecule has 2 nitrogen and oxygen atoms in total. The second-order valence-electron chi connectivity index (χ2n) is 5.63. The lowest BCUT2D eigenvalue weighted by Crippen LogP contribution is -2.26. The van der Waals surface area contributed by atoms with Gasteiger partial charge in [0.1, 0.15) is 0 Å². The Morgan fingerprint density at radius 1 is 1.20 bits per heavy atom. The van der Waals surface area contributed by atoms with Gasteiger partial charge in [0.05, 0.1) is 0 Å². The van der Waals surface area contributed by atoms with Crippen LogP contribution >= 0.6 is 11.8 Å². The molecule has 0 bridgehead atoms. The Hall–Kier alpha value is -0.670. The molecule has 1 saturated heterocycles. The third kappa shape index (κ3) is 5.02. The number of nitrogens with zero attached hydrogens (tertiary/aromatic N) is 1. The highest BCUT2D eigenvalue weighted by atomic mass is 32.2. The Kier molecular flexibility index (Phi) is 6.74. The molecule has 0 spiro atoms. The van der Waals surface area contributed by atoms with Crippen LogP contribution < -0.4 is 10.2 Å². The van der Waals surface area contributed by atoms with E-state index in [1.807, 2.05) is 11.8 Å². The van der Waals surface area contributed by atoms with E-state index in [2.05, 4.69) is 48.3 Å². The molecular formula is C17H28N2S.